The van der Waals surface area contributed by atoms with Crippen molar-refractivity contribution in [2.75, 3.05) is 20.2 Å². The van der Waals surface area contributed by atoms with Gasteiger partial charge in [0.1, 0.15) is 18.0 Å². The molecule has 2 aromatic rings. The van der Waals surface area contributed by atoms with Crippen LogP contribution >= 0.6 is 0 Å². The Bertz CT molecular complexity index is 739. The zero-order chi connectivity index (χ0) is 17.7. The summed E-state index contributed by atoms with van der Waals surface area (Å²) in [7, 11) is 1.57. The van der Waals surface area contributed by atoms with Crippen LogP contribution in [0.25, 0.3) is 5.69 Å². The van der Waals surface area contributed by atoms with Gasteiger partial charge < -0.3 is 14.7 Å². The molecule has 0 radical (unpaired) electrons. The van der Waals surface area contributed by atoms with Crippen LogP contribution in [0.1, 0.15) is 29.4 Å². The third-order valence-electron chi connectivity index (χ3n) is 3.66. The van der Waals surface area contributed by atoms with E-state index in [1.54, 1.807) is 18.7 Å². The molecule has 0 saturated carbocycles. The summed E-state index contributed by atoms with van der Waals surface area (Å²) in [5, 5.41) is 13.3. The highest BCUT2D eigenvalue weighted by molar-refractivity contribution is 5.96. The SMILES string of the molecule is CCCN(CC(=O)O)C(=O)c1cnn(-c2ccccc2OC)c1C. The largest absolute Gasteiger partial charge is 0.494 e. The number of carbonyl (C=O) groups is 2. The Morgan fingerprint density at radius 3 is 2.67 bits per heavy atom. The number of hydrogen-bond donors (Lipinski definition) is 1. The Morgan fingerprint density at radius 1 is 1.33 bits per heavy atom. The van der Waals surface area contributed by atoms with Gasteiger partial charge in [-0.2, -0.15) is 5.10 Å². The van der Waals surface area contributed by atoms with Crippen molar-refractivity contribution in [1.29, 1.82) is 0 Å². The van der Waals surface area contributed by atoms with Gasteiger partial charge >= 0.3 is 5.97 Å². The van der Waals surface area contributed by atoms with Crippen LogP contribution in [0.2, 0.25) is 0 Å². The number of aliphatic carboxylic acids is 1. The molecule has 128 valence electrons. The zero-order valence-corrected chi connectivity index (χ0v) is 14.0. The van der Waals surface area contributed by atoms with Crippen LogP contribution in [0, 0.1) is 6.92 Å². The molecule has 0 aliphatic rings. The number of rotatable bonds is 7. The molecule has 1 aromatic heterocycles. The number of hydrogen-bond acceptors (Lipinski definition) is 4. The fourth-order valence-corrected chi connectivity index (χ4v) is 2.52. The van der Waals surface area contributed by atoms with E-state index in [9.17, 15) is 9.59 Å². The van der Waals surface area contributed by atoms with Gasteiger partial charge in [0, 0.05) is 6.54 Å². The number of benzene rings is 1. The van der Waals surface area contributed by atoms with Gasteiger partial charge in [-0.05, 0) is 25.5 Å². The van der Waals surface area contributed by atoms with Crippen LogP contribution in [-0.2, 0) is 4.79 Å². The second kappa shape index (κ2) is 7.63. The Morgan fingerprint density at radius 2 is 2.04 bits per heavy atom. The van der Waals surface area contributed by atoms with Gasteiger partial charge in [-0.15, -0.1) is 0 Å². The number of nitrogens with zero attached hydrogens (tertiary/aromatic N) is 3. The second-order valence-corrected chi connectivity index (χ2v) is 5.35. The van der Waals surface area contributed by atoms with Gasteiger partial charge in [-0.3, -0.25) is 9.59 Å². The normalized spacial score (nSPS) is 10.5. The van der Waals surface area contributed by atoms with Crippen LogP contribution in [0.4, 0.5) is 0 Å². The van der Waals surface area contributed by atoms with Crippen molar-refractivity contribution in [3.8, 4) is 11.4 Å². The average molecular weight is 331 g/mol. The van der Waals surface area contributed by atoms with Crippen molar-refractivity contribution >= 4 is 11.9 Å². The van der Waals surface area contributed by atoms with Crippen molar-refractivity contribution in [2.24, 2.45) is 0 Å². The summed E-state index contributed by atoms with van der Waals surface area (Å²) in [4.78, 5) is 25.0. The summed E-state index contributed by atoms with van der Waals surface area (Å²) in [6, 6.07) is 7.36. The van der Waals surface area contributed by atoms with Gasteiger partial charge in [0.05, 0.1) is 24.6 Å². The van der Waals surface area contributed by atoms with Crippen LogP contribution in [0.3, 0.4) is 0 Å². The lowest BCUT2D eigenvalue weighted by molar-refractivity contribution is -0.137. The monoisotopic (exact) mass is 331 g/mol. The maximum absolute atomic E-state index is 12.7. The first-order chi connectivity index (χ1) is 11.5. The molecule has 0 atom stereocenters. The number of methoxy groups -OCH3 is 1. The summed E-state index contributed by atoms with van der Waals surface area (Å²) >= 11 is 0. The van der Waals surface area contributed by atoms with Crippen molar-refractivity contribution in [3.63, 3.8) is 0 Å². The fraction of sp³-hybridized carbons (Fsp3) is 0.353. The van der Waals surface area contributed by atoms with E-state index in [4.69, 9.17) is 9.84 Å². The standard InChI is InChI=1S/C17H21N3O4/c1-4-9-19(11-16(21)22)17(23)13-10-18-20(12(13)2)14-7-5-6-8-15(14)24-3/h5-8,10H,4,9,11H2,1-3H3,(H,21,22). The van der Waals surface area contributed by atoms with Gasteiger partial charge in [-0.1, -0.05) is 19.1 Å². The Labute approximate surface area is 140 Å². The average Bonchev–Trinajstić information content (AvgIpc) is 2.94. The topological polar surface area (TPSA) is 84.7 Å². The van der Waals surface area contributed by atoms with Gasteiger partial charge in [-0.25, -0.2) is 4.68 Å². The van der Waals surface area contributed by atoms with E-state index in [1.807, 2.05) is 31.2 Å². The Balaban J connectivity index is 2.38. The predicted octanol–water partition coefficient (Wildman–Crippen LogP) is 2.13. The van der Waals surface area contributed by atoms with Crippen molar-refractivity contribution in [1.82, 2.24) is 14.7 Å². The molecular weight excluding hydrogens is 310 g/mol. The highest BCUT2D eigenvalue weighted by Crippen LogP contribution is 2.24. The fourth-order valence-electron chi connectivity index (χ4n) is 2.52. The third kappa shape index (κ3) is 3.56. The number of aromatic nitrogens is 2. The number of para-hydroxylation sites is 2. The van der Waals surface area contributed by atoms with E-state index >= 15 is 0 Å². The first kappa shape index (κ1) is 17.5. The first-order valence-corrected chi connectivity index (χ1v) is 7.68. The number of carboxylic acid groups (broad SMARTS) is 1. The molecular formula is C17H21N3O4. The molecule has 0 fully saturated rings. The molecule has 1 aromatic carbocycles. The number of ether oxygens (including phenoxy) is 1. The number of carboxylic acids is 1. The van der Waals surface area contributed by atoms with Crippen molar-refractivity contribution in [2.45, 2.75) is 20.3 Å². The van der Waals surface area contributed by atoms with Gasteiger partial charge in [0.25, 0.3) is 5.91 Å². The summed E-state index contributed by atoms with van der Waals surface area (Å²) < 4.78 is 6.95. The van der Waals surface area contributed by atoms with Gasteiger partial charge in [0.15, 0.2) is 0 Å². The predicted molar refractivity (Wildman–Crippen MR) is 88.7 cm³/mol. The van der Waals surface area contributed by atoms with Crippen LogP contribution in [-0.4, -0.2) is 51.9 Å². The molecule has 7 nitrogen and oxygen atoms in total. The smallest absolute Gasteiger partial charge is 0.323 e. The molecule has 2 rings (SSSR count). The number of amides is 1. The minimum atomic E-state index is -1.04. The van der Waals surface area contributed by atoms with Crippen molar-refractivity contribution < 1.29 is 19.4 Å². The molecule has 0 unspecified atom stereocenters. The molecule has 0 aliphatic heterocycles. The highest BCUT2D eigenvalue weighted by Gasteiger charge is 2.23. The Kier molecular flexibility index (Phi) is 5.57. The molecule has 0 saturated heterocycles. The second-order valence-electron chi connectivity index (χ2n) is 5.35. The van der Waals surface area contributed by atoms with Crippen LogP contribution in [0.15, 0.2) is 30.5 Å². The van der Waals surface area contributed by atoms with E-state index < -0.39 is 5.97 Å². The lowest BCUT2D eigenvalue weighted by Crippen LogP contribution is -2.36. The van der Waals surface area contributed by atoms with Gasteiger partial charge in [0.2, 0.25) is 0 Å². The molecule has 0 aliphatic carbocycles. The summed E-state index contributed by atoms with van der Waals surface area (Å²) in [5.74, 6) is -0.733. The van der Waals surface area contributed by atoms with Crippen LogP contribution in [0.5, 0.6) is 5.75 Å². The lowest BCUT2D eigenvalue weighted by Gasteiger charge is -2.19. The quantitative estimate of drug-likeness (QED) is 0.840. The molecule has 1 N–H and O–H groups in total. The molecule has 1 heterocycles. The zero-order valence-electron chi connectivity index (χ0n) is 14.0. The first-order valence-electron chi connectivity index (χ1n) is 7.68. The van der Waals surface area contributed by atoms with E-state index in [0.717, 1.165) is 5.69 Å². The molecule has 0 bridgehead atoms. The van der Waals surface area contributed by atoms with E-state index in [1.165, 1.54) is 11.1 Å². The maximum atomic E-state index is 12.7. The Hall–Kier alpha value is -2.83. The summed E-state index contributed by atoms with van der Waals surface area (Å²) in [6.07, 6.45) is 2.15. The van der Waals surface area contributed by atoms with Crippen molar-refractivity contribution in [3.05, 3.63) is 41.7 Å². The molecule has 24 heavy (non-hydrogen) atoms. The lowest BCUT2D eigenvalue weighted by atomic mass is 10.2. The van der Waals surface area contributed by atoms with E-state index in [-0.39, 0.29) is 12.5 Å². The summed E-state index contributed by atoms with van der Waals surface area (Å²) in [6.45, 7) is 3.72. The molecule has 7 heteroatoms. The molecule has 0 spiro atoms. The minimum Gasteiger partial charge on any atom is -0.494 e. The minimum absolute atomic E-state index is 0.327. The van der Waals surface area contributed by atoms with Crippen LogP contribution < -0.4 is 4.74 Å². The molecule has 1 amide bonds. The third-order valence-corrected chi connectivity index (χ3v) is 3.66. The number of carbonyl (C=O) groups excluding carboxylic acids is 1. The maximum Gasteiger partial charge on any atom is 0.323 e. The highest BCUT2D eigenvalue weighted by atomic mass is 16.5. The summed E-state index contributed by atoms with van der Waals surface area (Å²) in [5.41, 5.74) is 1.74. The van der Waals surface area contributed by atoms with E-state index in [2.05, 4.69) is 5.10 Å². The van der Waals surface area contributed by atoms with E-state index in [0.29, 0.717) is 30.0 Å².